The highest BCUT2D eigenvalue weighted by molar-refractivity contribution is 9.10. The highest BCUT2D eigenvalue weighted by atomic mass is 79.9. The summed E-state index contributed by atoms with van der Waals surface area (Å²) in [5, 5.41) is 3.63. The number of nitrogens with zero attached hydrogens (tertiary/aromatic N) is 2. The lowest BCUT2D eigenvalue weighted by molar-refractivity contribution is 0.392. The molecule has 2 heterocycles. The third-order valence-electron chi connectivity index (χ3n) is 2.13. The Hall–Kier alpha value is -1.61. The smallest absolute Gasteiger partial charge is 0.239 e. The molecule has 0 atom stereocenters. The molecule has 3 N–H and O–H groups in total. The second kappa shape index (κ2) is 5.17. The SMILES string of the molecule is Cc1cc(CS(=O)(=O)Nc2ncc(N)cc2Br)no1. The minimum absolute atomic E-state index is 0.175. The molecule has 0 unspecified atom stereocenters. The van der Waals surface area contributed by atoms with Crippen molar-refractivity contribution in [1.29, 1.82) is 0 Å². The van der Waals surface area contributed by atoms with Gasteiger partial charge in [-0.15, -0.1) is 0 Å². The number of hydrogen-bond donors (Lipinski definition) is 2. The lowest BCUT2D eigenvalue weighted by Gasteiger charge is -2.07. The second-order valence-electron chi connectivity index (χ2n) is 3.89. The zero-order valence-corrected chi connectivity index (χ0v) is 12.3. The van der Waals surface area contributed by atoms with Crippen LogP contribution in [0, 0.1) is 6.92 Å². The molecule has 0 saturated heterocycles. The summed E-state index contributed by atoms with van der Waals surface area (Å²) in [5.41, 5.74) is 6.29. The van der Waals surface area contributed by atoms with Crippen LogP contribution >= 0.6 is 15.9 Å². The molecule has 0 bridgehead atoms. The van der Waals surface area contributed by atoms with E-state index >= 15 is 0 Å². The number of nitrogens with two attached hydrogens (primary N) is 1. The maximum absolute atomic E-state index is 11.9. The van der Waals surface area contributed by atoms with Crippen molar-refractivity contribution < 1.29 is 12.9 Å². The second-order valence-corrected chi connectivity index (χ2v) is 6.47. The van der Waals surface area contributed by atoms with Gasteiger partial charge in [0.05, 0.1) is 16.4 Å². The molecule has 0 aliphatic heterocycles. The number of nitrogens with one attached hydrogen (secondary N) is 1. The van der Waals surface area contributed by atoms with Gasteiger partial charge in [0.1, 0.15) is 17.2 Å². The molecule has 0 spiro atoms. The van der Waals surface area contributed by atoms with Gasteiger partial charge in [-0.2, -0.15) is 0 Å². The van der Waals surface area contributed by atoms with E-state index < -0.39 is 10.0 Å². The van der Waals surface area contributed by atoms with Crippen LogP contribution in [0.4, 0.5) is 11.5 Å². The molecule has 2 rings (SSSR count). The summed E-state index contributed by atoms with van der Waals surface area (Å²) in [7, 11) is -3.62. The van der Waals surface area contributed by atoms with Crippen molar-refractivity contribution in [2.75, 3.05) is 10.5 Å². The minimum Gasteiger partial charge on any atom is -0.397 e. The molecule has 2 aromatic heterocycles. The molecule has 0 amide bonds. The predicted molar refractivity (Wildman–Crippen MR) is 73.8 cm³/mol. The van der Waals surface area contributed by atoms with E-state index in [-0.39, 0.29) is 11.6 Å². The molecule has 0 aliphatic carbocycles. The zero-order valence-electron chi connectivity index (χ0n) is 9.92. The number of rotatable bonds is 4. The topological polar surface area (TPSA) is 111 Å². The number of hydrogen-bond acceptors (Lipinski definition) is 6. The van der Waals surface area contributed by atoms with Crippen molar-refractivity contribution >= 4 is 37.5 Å². The van der Waals surface area contributed by atoms with E-state index in [1.807, 2.05) is 0 Å². The third-order valence-corrected chi connectivity index (χ3v) is 3.91. The molecule has 0 saturated carbocycles. The molecule has 9 heteroatoms. The van der Waals surface area contributed by atoms with E-state index in [1.165, 1.54) is 6.20 Å². The van der Waals surface area contributed by atoms with Crippen LogP contribution in [0.25, 0.3) is 0 Å². The van der Waals surface area contributed by atoms with Crippen molar-refractivity contribution in [1.82, 2.24) is 10.1 Å². The first kappa shape index (κ1) is 13.8. The van der Waals surface area contributed by atoms with Crippen LogP contribution in [0.5, 0.6) is 0 Å². The van der Waals surface area contributed by atoms with Crippen LogP contribution in [0.3, 0.4) is 0 Å². The lowest BCUT2D eigenvalue weighted by atomic mass is 10.4. The number of aromatic nitrogens is 2. The third kappa shape index (κ3) is 3.67. The quantitative estimate of drug-likeness (QED) is 0.870. The maximum atomic E-state index is 11.9. The Kier molecular flexibility index (Phi) is 3.76. The molecular formula is C10H11BrN4O3S. The van der Waals surface area contributed by atoms with E-state index in [0.717, 1.165) is 0 Å². The fourth-order valence-electron chi connectivity index (χ4n) is 1.39. The standard InChI is InChI=1S/C10H11BrN4O3S/c1-6-2-8(14-18-6)5-19(16,17)15-10-9(11)3-7(12)4-13-10/h2-4H,5,12H2,1H3,(H,13,15). The molecule has 2 aromatic rings. The van der Waals surface area contributed by atoms with Crippen LogP contribution in [-0.2, 0) is 15.8 Å². The Labute approximate surface area is 118 Å². The number of sulfonamides is 1. The largest absolute Gasteiger partial charge is 0.397 e. The fraction of sp³-hybridized carbons (Fsp3) is 0.200. The summed E-state index contributed by atoms with van der Waals surface area (Å²) >= 11 is 3.19. The van der Waals surface area contributed by atoms with Crippen molar-refractivity contribution in [3.63, 3.8) is 0 Å². The number of pyridine rings is 1. The first-order valence-corrected chi connectivity index (χ1v) is 7.64. The molecule has 0 aromatic carbocycles. The van der Waals surface area contributed by atoms with Gasteiger partial charge in [0.15, 0.2) is 5.82 Å². The van der Waals surface area contributed by atoms with Crippen LogP contribution in [0.1, 0.15) is 11.5 Å². The monoisotopic (exact) mass is 346 g/mol. The van der Waals surface area contributed by atoms with Gasteiger partial charge < -0.3 is 10.3 Å². The van der Waals surface area contributed by atoms with E-state index in [9.17, 15) is 8.42 Å². The zero-order chi connectivity index (χ0) is 14.0. The van der Waals surface area contributed by atoms with Crippen molar-refractivity contribution in [2.45, 2.75) is 12.7 Å². The van der Waals surface area contributed by atoms with Gasteiger partial charge in [0.25, 0.3) is 0 Å². The minimum atomic E-state index is -3.62. The van der Waals surface area contributed by atoms with E-state index in [1.54, 1.807) is 19.1 Å². The van der Waals surface area contributed by atoms with Gasteiger partial charge in [0.2, 0.25) is 10.0 Å². The van der Waals surface area contributed by atoms with Gasteiger partial charge >= 0.3 is 0 Å². The average molecular weight is 347 g/mol. The number of halogens is 1. The Balaban J connectivity index is 2.17. The van der Waals surface area contributed by atoms with Gasteiger partial charge in [-0.1, -0.05) is 5.16 Å². The van der Waals surface area contributed by atoms with E-state index in [2.05, 4.69) is 30.8 Å². The maximum Gasteiger partial charge on any atom is 0.239 e. The molecule has 7 nitrogen and oxygen atoms in total. The highest BCUT2D eigenvalue weighted by Crippen LogP contribution is 2.23. The predicted octanol–water partition coefficient (Wildman–Crippen LogP) is 1.66. The Morgan fingerprint density at radius 1 is 1.47 bits per heavy atom. The van der Waals surface area contributed by atoms with Gasteiger partial charge in [-0.25, -0.2) is 13.4 Å². The fourth-order valence-corrected chi connectivity index (χ4v) is 3.04. The van der Waals surface area contributed by atoms with Gasteiger partial charge in [-0.05, 0) is 28.9 Å². The van der Waals surface area contributed by atoms with Crippen LogP contribution in [0.2, 0.25) is 0 Å². The summed E-state index contributed by atoms with van der Waals surface area (Å²) in [4.78, 5) is 3.90. The molecule has 102 valence electrons. The van der Waals surface area contributed by atoms with E-state index in [4.69, 9.17) is 10.3 Å². The Bertz CT molecular complexity index is 699. The first-order valence-electron chi connectivity index (χ1n) is 5.19. The van der Waals surface area contributed by atoms with Crippen LogP contribution in [-0.4, -0.2) is 18.6 Å². The molecular weight excluding hydrogens is 336 g/mol. The Morgan fingerprint density at radius 3 is 2.79 bits per heavy atom. The number of anilines is 2. The van der Waals surface area contributed by atoms with Gasteiger partial charge in [0, 0.05) is 6.07 Å². The van der Waals surface area contributed by atoms with Crippen molar-refractivity contribution in [2.24, 2.45) is 0 Å². The summed E-state index contributed by atoms with van der Waals surface area (Å²) in [6.45, 7) is 1.69. The summed E-state index contributed by atoms with van der Waals surface area (Å²) < 4.78 is 31.5. The summed E-state index contributed by atoms with van der Waals surface area (Å²) in [6, 6.07) is 3.12. The molecule has 19 heavy (non-hydrogen) atoms. The summed E-state index contributed by atoms with van der Waals surface area (Å²) in [5.74, 6) is 0.439. The lowest BCUT2D eigenvalue weighted by Crippen LogP contribution is -2.16. The molecule has 0 aliphatic rings. The van der Waals surface area contributed by atoms with Crippen LogP contribution in [0.15, 0.2) is 27.3 Å². The number of nitrogen functional groups attached to an aromatic ring is 1. The average Bonchev–Trinajstić information content (AvgIpc) is 2.67. The van der Waals surface area contributed by atoms with Crippen LogP contribution < -0.4 is 10.5 Å². The summed E-state index contributed by atoms with van der Waals surface area (Å²) in [6.07, 6.45) is 1.36. The van der Waals surface area contributed by atoms with E-state index in [0.29, 0.717) is 21.6 Å². The highest BCUT2D eigenvalue weighted by Gasteiger charge is 2.16. The number of aryl methyl sites for hydroxylation is 1. The molecule has 0 radical (unpaired) electrons. The molecule has 0 fully saturated rings. The van der Waals surface area contributed by atoms with Crippen molar-refractivity contribution in [3.8, 4) is 0 Å². The van der Waals surface area contributed by atoms with Crippen molar-refractivity contribution in [3.05, 3.63) is 34.3 Å². The Morgan fingerprint density at radius 2 is 2.21 bits per heavy atom. The first-order chi connectivity index (χ1) is 8.85. The van der Waals surface area contributed by atoms with Gasteiger partial charge in [-0.3, -0.25) is 4.72 Å². The normalized spacial score (nSPS) is 11.5.